The molecular weight excluding hydrogens is 286 g/mol. The molecule has 2 heterocycles. The lowest BCUT2D eigenvalue weighted by Gasteiger charge is -2.10. The number of hydrogen-bond acceptors (Lipinski definition) is 3. The van der Waals surface area contributed by atoms with Gasteiger partial charge in [-0.05, 0) is 36.2 Å². The van der Waals surface area contributed by atoms with Crippen molar-refractivity contribution in [1.29, 1.82) is 0 Å². The van der Waals surface area contributed by atoms with E-state index < -0.39 is 0 Å². The average Bonchev–Trinajstić information content (AvgIpc) is 2.86. The molecule has 0 aliphatic rings. The van der Waals surface area contributed by atoms with Gasteiger partial charge in [-0.1, -0.05) is 0 Å². The lowest BCUT2D eigenvalue weighted by molar-refractivity contribution is 0.415. The Kier molecular flexibility index (Phi) is 3.80. The lowest BCUT2D eigenvalue weighted by Crippen LogP contribution is -2.05. The maximum absolute atomic E-state index is 6.05. The van der Waals surface area contributed by atoms with Crippen LogP contribution < -0.4 is 4.74 Å². The molecule has 0 bridgehead atoms. The van der Waals surface area contributed by atoms with Crippen LogP contribution in [0.2, 0.25) is 0 Å². The van der Waals surface area contributed by atoms with Crippen LogP contribution in [0.15, 0.2) is 36.7 Å². The summed E-state index contributed by atoms with van der Waals surface area (Å²) in [4.78, 5) is 8.80. The molecule has 0 unspecified atom stereocenters. The molecule has 0 N–H and O–H groups in total. The summed E-state index contributed by atoms with van der Waals surface area (Å²) < 4.78 is 7.38. The number of rotatable bonds is 4. The van der Waals surface area contributed by atoms with E-state index in [1.54, 1.807) is 13.3 Å². The van der Waals surface area contributed by atoms with E-state index in [0.29, 0.717) is 12.4 Å². The standard InChI is InChI=1S/C16H16ClN3O/c1-11-5-6-18-9-12(11)10-20-15-4-3-13(21-2)7-14(15)19-16(20)8-17/h3-7,9H,8,10H2,1-2H3. The largest absolute Gasteiger partial charge is 0.497 e. The Morgan fingerprint density at radius 1 is 1.29 bits per heavy atom. The van der Waals surface area contributed by atoms with E-state index in [-0.39, 0.29) is 0 Å². The van der Waals surface area contributed by atoms with Crippen molar-refractivity contribution in [3.63, 3.8) is 0 Å². The van der Waals surface area contributed by atoms with Gasteiger partial charge < -0.3 is 9.30 Å². The van der Waals surface area contributed by atoms with Crippen LogP contribution in [-0.2, 0) is 12.4 Å². The highest BCUT2D eigenvalue weighted by molar-refractivity contribution is 6.16. The number of nitrogens with zero attached hydrogens (tertiary/aromatic N) is 3. The fourth-order valence-electron chi connectivity index (χ4n) is 2.40. The van der Waals surface area contributed by atoms with E-state index in [2.05, 4.69) is 21.5 Å². The number of alkyl halides is 1. The molecule has 1 aromatic carbocycles. The summed E-state index contributed by atoms with van der Waals surface area (Å²) in [6.07, 6.45) is 3.70. The maximum atomic E-state index is 6.05. The van der Waals surface area contributed by atoms with Crippen molar-refractivity contribution in [1.82, 2.24) is 14.5 Å². The highest BCUT2D eigenvalue weighted by Crippen LogP contribution is 2.24. The molecule has 0 spiro atoms. The molecule has 3 aromatic rings. The Bertz CT molecular complexity index is 782. The highest BCUT2D eigenvalue weighted by atomic mass is 35.5. The normalized spacial score (nSPS) is 11.0. The minimum atomic E-state index is 0.371. The van der Waals surface area contributed by atoms with E-state index in [1.165, 1.54) is 11.1 Å². The zero-order valence-electron chi connectivity index (χ0n) is 12.0. The smallest absolute Gasteiger partial charge is 0.125 e. The molecule has 0 fully saturated rings. The number of aromatic nitrogens is 3. The molecule has 0 saturated carbocycles. The van der Waals surface area contributed by atoms with Gasteiger partial charge in [0.15, 0.2) is 0 Å². The van der Waals surface area contributed by atoms with Gasteiger partial charge in [0.25, 0.3) is 0 Å². The van der Waals surface area contributed by atoms with Crippen LogP contribution in [0.1, 0.15) is 17.0 Å². The van der Waals surface area contributed by atoms with Crippen molar-refractivity contribution in [3.05, 3.63) is 53.6 Å². The Balaban J connectivity index is 2.10. The molecule has 108 valence electrons. The molecule has 3 rings (SSSR count). The number of benzene rings is 1. The van der Waals surface area contributed by atoms with Crippen molar-refractivity contribution in [2.75, 3.05) is 7.11 Å². The second-order valence-electron chi connectivity index (χ2n) is 4.90. The van der Waals surface area contributed by atoms with Gasteiger partial charge in [0.1, 0.15) is 11.6 Å². The molecule has 0 aliphatic heterocycles. The molecule has 0 amide bonds. The Morgan fingerprint density at radius 3 is 2.86 bits per heavy atom. The third-order valence-corrected chi connectivity index (χ3v) is 3.87. The summed E-state index contributed by atoms with van der Waals surface area (Å²) >= 11 is 6.05. The van der Waals surface area contributed by atoms with Gasteiger partial charge >= 0.3 is 0 Å². The number of imidazole rings is 1. The number of hydrogen-bond donors (Lipinski definition) is 0. The first-order valence-corrected chi connectivity index (χ1v) is 7.25. The number of methoxy groups -OCH3 is 1. The van der Waals surface area contributed by atoms with E-state index in [1.807, 2.05) is 30.5 Å². The van der Waals surface area contributed by atoms with Gasteiger partial charge in [0, 0.05) is 18.5 Å². The SMILES string of the molecule is COc1ccc2c(c1)nc(CCl)n2Cc1cnccc1C. The van der Waals surface area contributed by atoms with Crippen LogP contribution in [0, 0.1) is 6.92 Å². The summed E-state index contributed by atoms with van der Waals surface area (Å²) in [5, 5.41) is 0. The van der Waals surface area contributed by atoms with E-state index in [4.69, 9.17) is 16.3 Å². The second kappa shape index (κ2) is 5.74. The first kappa shape index (κ1) is 13.9. The third-order valence-electron chi connectivity index (χ3n) is 3.63. The molecule has 0 saturated heterocycles. The molecule has 5 heteroatoms. The predicted molar refractivity (Wildman–Crippen MR) is 83.9 cm³/mol. The first-order valence-electron chi connectivity index (χ1n) is 6.71. The first-order chi connectivity index (χ1) is 10.2. The fraction of sp³-hybridized carbons (Fsp3) is 0.250. The van der Waals surface area contributed by atoms with Crippen LogP contribution in [0.25, 0.3) is 11.0 Å². The number of aryl methyl sites for hydroxylation is 1. The molecule has 21 heavy (non-hydrogen) atoms. The van der Waals surface area contributed by atoms with E-state index >= 15 is 0 Å². The third kappa shape index (κ3) is 2.59. The summed E-state index contributed by atoms with van der Waals surface area (Å²) in [5.74, 6) is 2.02. The Morgan fingerprint density at radius 2 is 2.14 bits per heavy atom. The minimum Gasteiger partial charge on any atom is -0.497 e. The lowest BCUT2D eigenvalue weighted by atomic mass is 10.1. The van der Waals surface area contributed by atoms with Crippen LogP contribution >= 0.6 is 11.6 Å². The van der Waals surface area contributed by atoms with Gasteiger partial charge in [-0.3, -0.25) is 4.98 Å². The van der Waals surface area contributed by atoms with Gasteiger partial charge in [-0.25, -0.2) is 4.98 Å². The van der Waals surface area contributed by atoms with Gasteiger partial charge in [0.05, 0.1) is 30.6 Å². The van der Waals surface area contributed by atoms with Crippen molar-refractivity contribution < 1.29 is 4.74 Å². The average molecular weight is 302 g/mol. The van der Waals surface area contributed by atoms with Crippen LogP contribution in [-0.4, -0.2) is 21.6 Å². The number of ether oxygens (including phenoxy) is 1. The van der Waals surface area contributed by atoms with Crippen molar-refractivity contribution >= 4 is 22.6 Å². The molecule has 0 aliphatic carbocycles. The molecule has 0 radical (unpaired) electrons. The molecular formula is C16H16ClN3O. The molecule has 0 atom stereocenters. The van der Waals surface area contributed by atoms with E-state index in [9.17, 15) is 0 Å². The van der Waals surface area contributed by atoms with Gasteiger partial charge in [-0.2, -0.15) is 0 Å². The number of halogens is 1. The highest BCUT2D eigenvalue weighted by Gasteiger charge is 2.12. The van der Waals surface area contributed by atoms with E-state index in [0.717, 1.165) is 22.6 Å². The van der Waals surface area contributed by atoms with Crippen LogP contribution in [0.4, 0.5) is 0 Å². The maximum Gasteiger partial charge on any atom is 0.125 e. The zero-order valence-corrected chi connectivity index (χ0v) is 12.8. The van der Waals surface area contributed by atoms with Gasteiger partial charge in [0.2, 0.25) is 0 Å². The van der Waals surface area contributed by atoms with Crippen LogP contribution in [0.5, 0.6) is 5.75 Å². The summed E-state index contributed by atoms with van der Waals surface area (Å²) in [6, 6.07) is 7.90. The fourth-order valence-corrected chi connectivity index (χ4v) is 2.60. The summed E-state index contributed by atoms with van der Waals surface area (Å²) in [5.41, 5.74) is 4.32. The number of fused-ring (bicyclic) bond motifs is 1. The zero-order chi connectivity index (χ0) is 14.8. The minimum absolute atomic E-state index is 0.371. The Labute approximate surface area is 128 Å². The van der Waals surface area contributed by atoms with Crippen molar-refractivity contribution in [3.8, 4) is 5.75 Å². The van der Waals surface area contributed by atoms with Crippen molar-refractivity contribution in [2.24, 2.45) is 0 Å². The monoisotopic (exact) mass is 301 g/mol. The molecule has 2 aromatic heterocycles. The van der Waals surface area contributed by atoms with Gasteiger partial charge in [-0.15, -0.1) is 11.6 Å². The van der Waals surface area contributed by atoms with Crippen molar-refractivity contribution in [2.45, 2.75) is 19.3 Å². The molecule has 4 nitrogen and oxygen atoms in total. The summed E-state index contributed by atoms with van der Waals surface area (Å²) in [7, 11) is 1.65. The second-order valence-corrected chi connectivity index (χ2v) is 5.17. The predicted octanol–water partition coefficient (Wildman–Crippen LogP) is 3.54. The van der Waals surface area contributed by atoms with Crippen LogP contribution in [0.3, 0.4) is 0 Å². The quantitative estimate of drug-likeness (QED) is 0.692. The Hall–Kier alpha value is -2.07. The topological polar surface area (TPSA) is 39.9 Å². The summed E-state index contributed by atoms with van der Waals surface area (Å²) in [6.45, 7) is 2.80. The number of pyridine rings is 1.